The molecular formula is C16H22N2O. The van der Waals surface area contributed by atoms with E-state index in [1.807, 2.05) is 28.9 Å². The first-order valence-electron chi connectivity index (χ1n) is 6.84. The molecule has 0 atom stereocenters. The van der Waals surface area contributed by atoms with Gasteiger partial charge in [-0.3, -0.25) is 4.68 Å². The molecular weight excluding hydrogens is 236 g/mol. The Balaban J connectivity index is 2.11. The minimum Gasteiger partial charge on any atom is -0.472 e. The van der Waals surface area contributed by atoms with Crippen LogP contribution in [0.2, 0.25) is 0 Å². The largest absolute Gasteiger partial charge is 0.472 e. The molecule has 19 heavy (non-hydrogen) atoms. The van der Waals surface area contributed by atoms with E-state index in [2.05, 4.69) is 44.9 Å². The standard InChI is InChI=1S/C16H22N2O/c1-12(2)15-10-16(17-18(15)13(3)4)19-11-14-8-6-5-7-9-14/h5-10,12-13H,11H2,1-4H3. The van der Waals surface area contributed by atoms with Crippen molar-refractivity contribution in [3.8, 4) is 5.88 Å². The SMILES string of the molecule is CC(C)c1cc(OCc2ccccc2)nn1C(C)C. The number of benzene rings is 1. The summed E-state index contributed by atoms with van der Waals surface area (Å²) in [7, 11) is 0. The van der Waals surface area contributed by atoms with Crippen molar-refractivity contribution >= 4 is 0 Å². The number of ether oxygens (including phenoxy) is 1. The Morgan fingerprint density at radius 3 is 2.32 bits per heavy atom. The lowest BCUT2D eigenvalue weighted by Crippen LogP contribution is -2.08. The molecule has 0 saturated carbocycles. The normalized spacial score (nSPS) is 11.3. The summed E-state index contributed by atoms with van der Waals surface area (Å²) >= 11 is 0. The number of aromatic nitrogens is 2. The molecule has 0 spiro atoms. The molecule has 1 heterocycles. The van der Waals surface area contributed by atoms with Crippen molar-refractivity contribution in [1.82, 2.24) is 9.78 Å². The van der Waals surface area contributed by atoms with E-state index < -0.39 is 0 Å². The van der Waals surface area contributed by atoms with Gasteiger partial charge in [0.05, 0.1) is 0 Å². The Kier molecular flexibility index (Phi) is 4.25. The molecule has 0 radical (unpaired) electrons. The summed E-state index contributed by atoms with van der Waals surface area (Å²) in [4.78, 5) is 0. The van der Waals surface area contributed by atoms with Gasteiger partial charge in [-0.1, -0.05) is 44.2 Å². The van der Waals surface area contributed by atoms with Gasteiger partial charge >= 0.3 is 0 Å². The van der Waals surface area contributed by atoms with Gasteiger partial charge in [-0.2, -0.15) is 0 Å². The lowest BCUT2D eigenvalue weighted by molar-refractivity contribution is 0.287. The van der Waals surface area contributed by atoms with Gasteiger partial charge in [0.1, 0.15) is 6.61 Å². The average molecular weight is 258 g/mol. The Morgan fingerprint density at radius 2 is 1.79 bits per heavy atom. The van der Waals surface area contributed by atoms with Gasteiger partial charge < -0.3 is 4.74 Å². The molecule has 3 heteroatoms. The van der Waals surface area contributed by atoms with E-state index in [9.17, 15) is 0 Å². The molecule has 0 aliphatic rings. The van der Waals surface area contributed by atoms with Crippen LogP contribution in [0.25, 0.3) is 0 Å². The van der Waals surface area contributed by atoms with Crippen molar-refractivity contribution < 1.29 is 4.74 Å². The highest BCUT2D eigenvalue weighted by Gasteiger charge is 2.14. The highest BCUT2D eigenvalue weighted by Crippen LogP contribution is 2.23. The van der Waals surface area contributed by atoms with Crippen LogP contribution in [0.5, 0.6) is 5.88 Å². The van der Waals surface area contributed by atoms with E-state index in [1.54, 1.807) is 0 Å². The van der Waals surface area contributed by atoms with E-state index in [1.165, 1.54) is 5.69 Å². The average Bonchev–Trinajstić information content (AvgIpc) is 2.82. The van der Waals surface area contributed by atoms with Crippen LogP contribution in [0.15, 0.2) is 36.4 Å². The topological polar surface area (TPSA) is 27.1 Å². The summed E-state index contributed by atoms with van der Waals surface area (Å²) < 4.78 is 7.83. The molecule has 1 aromatic carbocycles. The van der Waals surface area contributed by atoms with Gasteiger partial charge in [-0.15, -0.1) is 5.10 Å². The number of hydrogen-bond acceptors (Lipinski definition) is 2. The predicted molar refractivity (Wildman–Crippen MR) is 77.5 cm³/mol. The first-order valence-corrected chi connectivity index (χ1v) is 6.84. The van der Waals surface area contributed by atoms with Crippen molar-refractivity contribution in [2.24, 2.45) is 0 Å². The second kappa shape index (κ2) is 5.91. The van der Waals surface area contributed by atoms with Crippen LogP contribution in [-0.2, 0) is 6.61 Å². The smallest absolute Gasteiger partial charge is 0.233 e. The van der Waals surface area contributed by atoms with E-state index in [4.69, 9.17) is 4.74 Å². The van der Waals surface area contributed by atoms with Crippen molar-refractivity contribution in [1.29, 1.82) is 0 Å². The zero-order valence-corrected chi connectivity index (χ0v) is 12.1. The summed E-state index contributed by atoms with van der Waals surface area (Å²) in [5, 5.41) is 4.54. The van der Waals surface area contributed by atoms with Crippen molar-refractivity contribution in [2.45, 2.75) is 46.3 Å². The molecule has 0 bridgehead atoms. The Labute approximate surface area is 115 Å². The molecule has 3 nitrogen and oxygen atoms in total. The lowest BCUT2D eigenvalue weighted by atomic mass is 10.1. The second-order valence-corrected chi connectivity index (χ2v) is 5.37. The maximum atomic E-state index is 5.78. The summed E-state index contributed by atoms with van der Waals surface area (Å²) in [5.74, 6) is 1.16. The van der Waals surface area contributed by atoms with Crippen LogP contribution in [0.1, 0.15) is 50.9 Å². The van der Waals surface area contributed by atoms with Crippen LogP contribution in [0.4, 0.5) is 0 Å². The predicted octanol–water partition coefficient (Wildman–Crippen LogP) is 4.17. The van der Waals surface area contributed by atoms with Crippen LogP contribution in [0.3, 0.4) is 0 Å². The minimum atomic E-state index is 0.353. The molecule has 0 fully saturated rings. The maximum Gasteiger partial charge on any atom is 0.233 e. The van der Waals surface area contributed by atoms with Crippen molar-refractivity contribution in [2.75, 3.05) is 0 Å². The monoisotopic (exact) mass is 258 g/mol. The van der Waals surface area contributed by atoms with E-state index in [-0.39, 0.29) is 0 Å². The van der Waals surface area contributed by atoms with Gasteiger partial charge in [-0.05, 0) is 25.3 Å². The summed E-state index contributed by atoms with van der Waals surface area (Å²) in [6.07, 6.45) is 0. The molecule has 2 aromatic rings. The summed E-state index contributed by atoms with van der Waals surface area (Å²) in [5.41, 5.74) is 2.38. The maximum absolute atomic E-state index is 5.78. The highest BCUT2D eigenvalue weighted by molar-refractivity contribution is 5.20. The molecule has 0 aliphatic carbocycles. The van der Waals surface area contributed by atoms with Crippen molar-refractivity contribution in [3.63, 3.8) is 0 Å². The number of hydrogen-bond donors (Lipinski definition) is 0. The van der Waals surface area contributed by atoms with Gasteiger partial charge in [0.2, 0.25) is 5.88 Å². The summed E-state index contributed by atoms with van der Waals surface area (Å²) in [6.45, 7) is 9.20. The van der Waals surface area contributed by atoms with E-state index in [0.29, 0.717) is 24.4 Å². The van der Waals surface area contributed by atoms with Crippen LogP contribution >= 0.6 is 0 Å². The Morgan fingerprint density at radius 1 is 1.11 bits per heavy atom. The third-order valence-corrected chi connectivity index (χ3v) is 3.05. The first-order chi connectivity index (χ1) is 9.08. The molecule has 1 aromatic heterocycles. The van der Waals surface area contributed by atoms with Gasteiger partial charge in [0, 0.05) is 17.8 Å². The van der Waals surface area contributed by atoms with Crippen LogP contribution in [0, 0.1) is 0 Å². The van der Waals surface area contributed by atoms with Crippen LogP contribution < -0.4 is 4.74 Å². The van der Waals surface area contributed by atoms with Crippen molar-refractivity contribution in [3.05, 3.63) is 47.7 Å². The molecule has 0 N–H and O–H groups in total. The lowest BCUT2D eigenvalue weighted by Gasteiger charge is -2.12. The van der Waals surface area contributed by atoms with E-state index >= 15 is 0 Å². The zero-order valence-electron chi connectivity index (χ0n) is 12.1. The minimum absolute atomic E-state index is 0.353. The number of nitrogens with zero attached hydrogens (tertiary/aromatic N) is 2. The number of rotatable bonds is 5. The van der Waals surface area contributed by atoms with Crippen LogP contribution in [-0.4, -0.2) is 9.78 Å². The van der Waals surface area contributed by atoms with E-state index in [0.717, 1.165) is 5.56 Å². The highest BCUT2D eigenvalue weighted by atomic mass is 16.5. The molecule has 0 unspecified atom stereocenters. The second-order valence-electron chi connectivity index (χ2n) is 5.37. The molecule has 2 rings (SSSR count). The Bertz CT molecular complexity index is 489. The van der Waals surface area contributed by atoms with Gasteiger partial charge in [-0.25, -0.2) is 0 Å². The molecule has 0 aliphatic heterocycles. The fourth-order valence-electron chi connectivity index (χ4n) is 2.03. The molecule has 102 valence electrons. The Hall–Kier alpha value is -1.77. The quantitative estimate of drug-likeness (QED) is 0.805. The first kappa shape index (κ1) is 13.7. The summed E-state index contributed by atoms with van der Waals surface area (Å²) in [6, 6.07) is 12.6. The third-order valence-electron chi connectivity index (χ3n) is 3.05. The van der Waals surface area contributed by atoms with Gasteiger partial charge in [0.25, 0.3) is 0 Å². The third kappa shape index (κ3) is 3.37. The van der Waals surface area contributed by atoms with Gasteiger partial charge in [0.15, 0.2) is 0 Å². The zero-order chi connectivity index (χ0) is 13.8. The fraction of sp³-hybridized carbons (Fsp3) is 0.438. The molecule has 0 saturated heterocycles. The molecule has 0 amide bonds. The fourth-order valence-corrected chi connectivity index (χ4v) is 2.03.